The lowest BCUT2D eigenvalue weighted by Gasteiger charge is -2.10. The van der Waals surface area contributed by atoms with Crippen LogP contribution in [-0.2, 0) is 11.3 Å². The molecule has 4 nitrogen and oxygen atoms in total. The minimum atomic E-state index is -0.0703. The van der Waals surface area contributed by atoms with Crippen LogP contribution in [0.25, 0.3) is 0 Å². The largest absolute Gasteiger partial charge is 0.490 e. The molecule has 0 saturated heterocycles. The fraction of sp³-hybridized carbons (Fsp3) is 0.267. The summed E-state index contributed by atoms with van der Waals surface area (Å²) in [6.07, 6.45) is 1.70. The average Bonchev–Trinajstić information content (AvgIpc) is 2.45. The lowest BCUT2D eigenvalue weighted by Crippen LogP contribution is -2.19. The number of pyridine rings is 1. The van der Waals surface area contributed by atoms with Gasteiger partial charge in [-0.25, -0.2) is 0 Å². The van der Waals surface area contributed by atoms with E-state index in [0.29, 0.717) is 30.5 Å². The maximum absolute atomic E-state index is 11.8. The van der Waals surface area contributed by atoms with Gasteiger partial charge in [0.25, 0.3) is 5.56 Å². The Morgan fingerprint density at radius 1 is 1.10 bits per heavy atom. The summed E-state index contributed by atoms with van der Waals surface area (Å²) in [6.45, 7) is 1.45. The first kappa shape index (κ1) is 14.6. The number of hydrogen-bond acceptors (Lipinski definition) is 3. The molecule has 106 valence electrons. The molecule has 0 unspecified atom stereocenters. The molecule has 2 aromatic rings. The smallest absolute Gasteiger partial charge is 0.251 e. The molecule has 0 N–H and O–H groups in total. The van der Waals surface area contributed by atoms with Crippen LogP contribution in [0.4, 0.5) is 0 Å². The normalized spacial score (nSPS) is 10.5. The Balaban J connectivity index is 2.12. The Morgan fingerprint density at radius 2 is 1.85 bits per heavy atom. The summed E-state index contributed by atoms with van der Waals surface area (Å²) in [6, 6.07) is 10.6. The summed E-state index contributed by atoms with van der Waals surface area (Å²) in [7, 11) is 1.62. The van der Waals surface area contributed by atoms with Crippen molar-refractivity contribution in [3.63, 3.8) is 0 Å². The number of nitrogens with zero attached hydrogens (tertiary/aromatic N) is 1. The average molecular weight is 294 g/mol. The highest BCUT2D eigenvalue weighted by molar-refractivity contribution is 6.30. The van der Waals surface area contributed by atoms with Crippen molar-refractivity contribution >= 4 is 11.6 Å². The van der Waals surface area contributed by atoms with Gasteiger partial charge in [-0.15, -0.1) is 0 Å². The molecule has 0 radical (unpaired) electrons. The molecule has 5 heteroatoms. The summed E-state index contributed by atoms with van der Waals surface area (Å²) in [5.74, 6) is 0.649. The van der Waals surface area contributed by atoms with Crippen LogP contribution in [0.2, 0.25) is 5.02 Å². The topological polar surface area (TPSA) is 40.5 Å². The second-order valence-electron chi connectivity index (χ2n) is 4.30. The fourth-order valence-corrected chi connectivity index (χ4v) is 1.87. The molecule has 0 saturated carbocycles. The minimum Gasteiger partial charge on any atom is -0.490 e. The van der Waals surface area contributed by atoms with Gasteiger partial charge in [-0.1, -0.05) is 23.7 Å². The minimum absolute atomic E-state index is 0.0703. The summed E-state index contributed by atoms with van der Waals surface area (Å²) >= 11 is 5.84. The predicted octanol–water partition coefficient (Wildman–Crippen LogP) is 2.58. The fourth-order valence-electron chi connectivity index (χ4n) is 1.75. The third-order valence-electron chi connectivity index (χ3n) is 2.78. The SMILES string of the molecule is COCCOc1ccc(=O)n(Cc2ccc(Cl)cc2)c1. The van der Waals surface area contributed by atoms with Crippen molar-refractivity contribution in [2.24, 2.45) is 0 Å². The van der Waals surface area contributed by atoms with Crippen molar-refractivity contribution in [3.8, 4) is 5.75 Å². The van der Waals surface area contributed by atoms with Crippen molar-refractivity contribution < 1.29 is 9.47 Å². The maximum atomic E-state index is 11.8. The molecule has 0 atom stereocenters. The number of benzene rings is 1. The Kier molecular flexibility index (Phi) is 5.21. The molecule has 0 aliphatic heterocycles. The van der Waals surface area contributed by atoms with Crippen molar-refractivity contribution in [1.82, 2.24) is 4.57 Å². The molecule has 0 bridgehead atoms. The van der Waals surface area contributed by atoms with Crippen LogP contribution >= 0.6 is 11.6 Å². The molecular weight excluding hydrogens is 278 g/mol. The van der Waals surface area contributed by atoms with Gasteiger partial charge >= 0.3 is 0 Å². The highest BCUT2D eigenvalue weighted by atomic mass is 35.5. The van der Waals surface area contributed by atoms with Gasteiger partial charge in [-0.3, -0.25) is 4.79 Å². The van der Waals surface area contributed by atoms with E-state index in [0.717, 1.165) is 5.56 Å². The second kappa shape index (κ2) is 7.12. The van der Waals surface area contributed by atoms with E-state index in [1.165, 1.54) is 6.07 Å². The van der Waals surface area contributed by atoms with E-state index in [1.807, 2.05) is 12.1 Å². The first-order valence-electron chi connectivity index (χ1n) is 6.26. The Bertz CT molecular complexity index is 607. The lowest BCUT2D eigenvalue weighted by molar-refractivity contribution is 0.146. The molecule has 0 aliphatic rings. The van der Waals surface area contributed by atoms with Crippen LogP contribution in [-0.4, -0.2) is 24.9 Å². The van der Waals surface area contributed by atoms with Crippen LogP contribution in [0.5, 0.6) is 5.75 Å². The zero-order chi connectivity index (χ0) is 14.4. The molecule has 0 amide bonds. The molecule has 0 aliphatic carbocycles. The van der Waals surface area contributed by atoms with E-state index >= 15 is 0 Å². The van der Waals surface area contributed by atoms with Crippen LogP contribution in [0.15, 0.2) is 47.4 Å². The Hall–Kier alpha value is -1.78. The van der Waals surface area contributed by atoms with Crippen LogP contribution in [0.3, 0.4) is 0 Å². The first-order chi connectivity index (χ1) is 9.69. The highest BCUT2D eigenvalue weighted by Crippen LogP contribution is 2.12. The van der Waals surface area contributed by atoms with E-state index in [2.05, 4.69) is 0 Å². The maximum Gasteiger partial charge on any atom is 0.251 e. The monoisotopic (exact) mass is 293 g/mol. The predicted molar refractivity (Wildman–Crippen MR) is 78.6 cm³/mol. The number of hydrogen-bond donors (Lipinski definition) is 0. The van der Waals surface area contributed by atoms with Crippen molar-refractivity contribution in [3.05, 3.63) is 63.5 Å². The number of halogens is 1. The second-order valence-corrected chi connectivity index (χ2v) is 4.74. The molecular formula is C15H16ClNO3. The Labute approximate surface area is 122 Å². The van der Waals surface area contributed by atoms with Crippen LogP contribution in [0, 0.1) is 0 Å². The van der Waals surface area contributed by atoms with Crippen molar-refractivity contribution in [1.29, 1.82) is 0 Å². The van der Waals surface area contributed by atoms with E-state index in [-0.39, 0.29) is 5.56 Å². The lowest BCUT2D eigenvalue weighted by atomic mass is 10.2. The van der Waals surface area contributed by atoms with E-state index in [9.17, 15) is 4.79 Å². The zero-order valence-corrected chi connectivity index (χ0v) is 12.0. The summed E-state index contributed by atoms with van der Waals surface area (Å²) in [5, 5.41) is 0.678. The number of ether oxygens (including phenoxy) is 2. The van der Waals surface area contributed by atoms with E-state index < -0.39 is 0 Å². The summed E-state index contributed by atoms with van der Waals surface area (Å²) in [4.78, 5) is 11.8. The van der Waals surface area contributed by atoms with Gasteiger partial charge in [0.15, 0.2) is 0 Å². The Morgan fingerprint density at radius 3 is 2.55 bits per heavy atom. The molecule has 2 rings (SSSR count). The van der Waals surface area contributed by atoms with Gasteiger partial charge in [-0.05, 0) is 23.8 Å². The van der Waals surface area contributed by atoms with Gasteiger partial charge in [0.1, 0.15) is 12.4 Å². The van der Waals surface area contributed by atoms with Gasteiger partial charge in [0, 0.05) is 24.4 Å². The number of aromatic nitrogens is 1. The molecule has 1 aromatic heterocycles. The van der Waals surface area contributed by atoms with Gasteiger partial charge in [0.05, 0.1) is 13.2 Å². The molecule has 0 fully saturated rings. The molecule has 20 heavy (non-hydrogen) atoms. The van der Waals surface area contributed by atoms with E-state index in [4.69, 9.17) is 21.1 Å². The van der Waals surface area contributed by atoms with Crippen molar-refractivity contribution in [2.45, 2.75) is 6.54 Å². The first-order valence-corrected chi connectivity index (χ1v) is 6.63. The molecule has 1 aromatic carbocycles. The highest BCUT2D eigenvalue weighted by Gasteiger charge is 2.01. The number of rotatable bonds is 6. The quantitative estimate of drug-likeness (QED) is 0.769. The summed E-state index contributed by atoms with van der Waals surface area (Å²) < 4.78 is 12.0. The standard InChI is InChI=1S/C15H16ClNO3/c1-19-8-9-20-14-6-7-15(18)17(11-14)10-12-2-4-13(16)5-3-12/h2-7,11H,8-10H2,1H3. The van der Waals surface area contributed by atoms with Crippen molar-refractivity contribution in [2.75, 3.05) is 20.3 Å². The zero-order valence-electron chi connectivity index (χ0n) is 11.2. The van der Waals surface area contributed by atoms with Crippen LogP contribution < -0.4 is 10.3 Å². The van der Waals surface area contributed by atoms with Gasteiger partial charge in [0.2, 0.25) is 0 Å². The van der Waals surface area contributed by atoms with Gasteiger partial charge in [-0.2, -0.15) is 0 Å². The summed E-state index contributed by atoms with van der Waals surface area (Å²) in [5.41, 5.74) is 0.935. The molecule has 1 heterocycles. The van der Waals surface area contributed by atoms with Crippen LogP contribution in [0.1, 0.15) is 5.56 Å². The van der Waals surface area contributed by atoms with Gasteiger partial charge < -0.3 is 14.0 Å². The van der Waals surface area contributed by atoms with E-state index in [1.54, 1.807) is 36.1 Å². The molecule has 0 spiro atoms. The third-order valence-corrected chi connectivity index (χ3v) is 3.03. The third kappa shape index (κ3) is 4.11. The number of methoxy groups -OCH3 is 1.